The van der Waals surface area contributed by atoms with Crippen molar-refractivity contribution in [3.05, 3.63) is 82.0 Å². The minimum atomic E-state index is -1.04. The van der Waals surface area contributed by atoms with Gasteiger partial charge in [0.2, 0.25) is 23.6 Å². The number of nitrogens with one attached hydrogen (secondary N) is 4. The fraction of sp³-hybridized carbons (Fsp3) is 0.409. The number of imide groups is 2. The molecule has 2 aromatic heterocycles. The minimum absolute atomic E-state index is 0.0446. The number of hydrogen-bond donors (Lipinski definition) is 4. The number of piperidine rings is 1. The van der Waals surface area contributed by atoms with E-state index in [4.69, 9.17) is 9.47 Å². The third-order valence-electron chi connectivity index (χ3n) is 12.5. The van der Waals surface area contributed by atoms with Gasteiger partial charge in [-0.2, -0.15) is 0 Å². The first kappa shape index (κ1) is 41.1. The molecule has 17 nitrogen and oxygen atoms in total. The molecular weight excluding hydrogens is 785 g/mol. The molecule has 4 heterocycles. The first-order valence-electron chi connectivity index (χ1n) is 20.4. The van der Waals surface area contributed by atoms with E-state index in [-0.39, 0.29) is 71.8 Å². The number of hydrogen-bond acceptors (Lipinski definition) is 12. The molecule has 61 heavy (non-hydrogen) atoms. The van der Waals surface area contributed by atoms with Gasteiger partial charge in [-0.05, 0) is 80.4 Å². The van der Waals surface area contributed by atoms with Crippen molar-refractivity contribution in [2.24, 2.45) is 13.0 Å². The molecule has 2 saturated carbocycles. The lowest BCUT2D eigenvalue weighted by molar-refractivity contribution is -0.136. The fourth-order valence-electron chi connectivity index (χ4n) is 9.34. The van der Waals surface area contributed by atoms with Gasteiger partial charge in [-0.1, -0.05) is 6.07 Å². The summed E-state index contributed by atoms with van der Waals surface area (Å²) in [6.45, 7) is 0.768. The smallest absolute Gasteiger partial charge is 0.264 e. The number of carbonyl (C=O) groups excluding carboxylic acids is 6. The van der Waals surface area contributed by atoms with E-state index in [0.717, 1.165) is 39.8 Å². The highest BCUT2D eigenvalue weighted by atomic mass is 16.5. The van der Waals surface area contributed by atoms with Crippen molar-refractivity contribution in [1.82, 2.24) is 35.3 Å². The van der Waals surface area contributed by atoms with Gasteiger partial charge in [0.05, 0.1) is 42.8 Å². The zero-order valence-corrected chi connectivity index (χ0v) is 34.5. The van der Waals surface area contributed by atoms with E-state index in [9.17, 15) is 33.6 Å². The molecule has 17 heteroatoms. The van der Waals surface area contributed by atoms with Crippen LogP contribution in [0.2, 0.25) is 0 Å². The number of carbonyl (C=O) groups is 6. The maximum Gasteiger partial charge on any atom is 0.264 e. The number of methoxy groups -OCH3 is 2. The molecule has 4 N–H and O–H groups in total. The predicted octanol–water partition coefficient (Wildman–Crippen LogP) is 2.50. The van der Waals surface area contributed by atoms with Crippen LogP contribution in [-0.4, -0.2) is 107 Å². The van der Waals surface area contributed by atoms with Crippen molar-refractivity contribution < 1.29 is 38.2 Å². The summed E-state index contributed by atoms with van der Waals surface area (Å²) in [5.41, 5.74) is 2.84. The first-order chi connectivity index (χ1) is 29.3. The molecule has 8 rings (SSSR count). The maximum absolute atomic E-state index is 13.6. The normalized spacial score (nSPS) is 21.6. The molecule has 1 saturated heterocycles. The van der Waals surface area contributed by atoms with E-state index >= 15 is 0 Å². The zero-order valence-electron chi connectivity index (χ0n) is 34.5. The quantitative estimate of drug-likeness (QED) is 0.101. The Kier molecular flexibility index (Phi) is 11.1. The summed E-state index contributed by atoms with van der Waals surface area (Å²) >= 11 is 0. The first-order valence-corrected chi connectivity index (χ1v) is 20.4. The minimum Gasteiger partial charge on any atom is -0.496 e. The standard InChI is InChI=1S/C44H48N8O9/c1-50(21-29-34(60-3)17-24(18-35(29)61-4)28-22-51(2)41(57)27-20-45-16-13-25(27)28)23-38(55)46-15-6-9-36(53)47-32-19-44(14-12-30(32)44)49-31-8-5-7-26-39(31)43(59)52(42(26)58)33-10-11-37(54)48-40(33)56/h5,7-8,13,16-18,20,22,30,32-33,49H,6,9-12,14-15,19,21,23H2,1-4H3,(H,46,55)(H,47,53)(H,48,54,56). The zero-order chi connectivity index (χ0) is 43.2. The number of ether oxygens (including phenoxy) is 2. The molecule has 6 amide bonds. The monoisotopic (exact) mass is 832 g/mol. The van der Waals surface area contributed by atoms with Gasteiger partial charge in [0, 0.05) is 80.3 Å². The molecule has 3 fully saturated rings. The van der Waals surface area contributed by atoms with Crippen molar-refractivity contribution in [2.45, 2.75) is 69.1 Å². The van der Waals surface area contributed by atoms with Crippen molar-refractivity contribution in [3.8, 4) is 22.6 Å². The Morgan fingerprint density at radius 2 is 1.75 bits per heavy atom. The van der Waals surface area contributed by atoms with Crippen LogP contribution < -0.4 is 36.3 Å². The molecule has 0 bridgehead atoms. The highest BCUT2D eigenvalue weighted by Crippen LogP contribution is 2.56. The molecule has 2 aliphatic heterocycles. The Labute approximate surface area is 351 Å². The molecule has 0 radical (unpaired) electrons. The Morgan fingerprint density at radius 3 is 2.44 bits per heavy atom. The van der Waals surface area contributed by atoms with Gasteiger partial charge < -0.3 is 30.0 Å². The van der Waals surface area contributed by atoms with Crippen LogP contribution in [0.15, 0.2) is 59.8 Å². The van der Waals surface area contributed by atoms with Crippen LogP contribution in [0, 0.1) is 5.92 Å². The van der Waals surface area contributed by atoms with E-state index in [0.29, 0.717) is 48.5 Å². The number of likely N-dealkylation sites (N-methyl/N-ethyl adjacent to an activating group) is 1. The van der Waals surface area contributed by atoms with Gasteiger partial charge >= 0.3 is 0 Å². The average Bonchev–Trinajstić information content (AvgIpc) is 3.49. The lowest BCUT2D eigenvalue weighted by Gasteiger charge is -2.63. The van der Waals surface area contributed by atoms with Crippen LogP contribution in [0.1, 0.15) is 71.2 Å². The lowest BCUT2D eigenvalue weighted by atomic mass is 9.50. The number of anilines is 1. The number of nitrogens with zero attached hydrogens (tertiary/aromatic N) is 4. The average molecular weight is 833 g/mol. The molecule has 0 spiro atoms. The molecule has 2 aliphatic carbocycles. The van der Waals surface area contributed by atoms with Crippen molar-refractivity contribution in [1.29, 1.82) is 0 Å². The summed E-state index contributed by atoms with van der Waals surface area (Å²) < 4.78 is 13.1. The van der Waals surface area contributed by atoms with E-state index < -0.39 is 29.7 Å². The van der Waals surface area contributed by atoms with E-state index in [1.165, 1.54) is 4.57 Å². The van der Waals surface area contributed by atoms with Crippen LogP contribution >= 0.6 is 0 Å². The second-order valence-corrected chi connectivity index (χ2v) is 16.3. The Bertz CT molecular complexity index is 2530. The number of fused-ring (bicyclic) bond motifs is 3. The third kappa shape index (κ3) is 7.58. The van der Waals surface area contributed by atoms with Crippen LogP contribution in [0.3, 0.4) is 0 Å². The summed E-state index contributed by atoms with van der Waals surface area (Å²) in [4.78, 5) is 96.7. The topological polar surface area (TPSA) is 210 Å². The van der Waals surface area contributed by atoms with Crippen LogP contribution in [-0.2, 0) is 32.8 Å². The summed E-state index contributed by atoms with van der Waals surface area (Å²) in [6.07, 6.45) is 8.17. The second-order valence-electron chi connectivity index (χ2n) is 16.3. The van der Waals surface area contributed by atoms with Gasteiger partial charge in [-0.25, -0.2) is 0 Å². The van der Waals surface area contributed by atoms with Crippen molar-refractivity contribution >= 4 is 51.9 Å². The highest BCUT2D eigenvalue weighted by Gasteiger charge is 2.61. The molecular formula is C44H48N8O9. The third-order valence-corrected chi connectivity index (χ3v) is 12.5. The van der Waals surface area contributed by atoms with Gasteiger partial charge in [0.15, 0.2) is 0 Å². The fourth-order valence-corrected chi connectivity index (χ4v) is 9.34. The van der Waals surface area contributed by atoms with Crippen LogP contribution in [0.5, 0.6) is 11.5 Å². The summed E-state index contributed by atoms with van der Waals surface area (Å²) in [5.74, 6) is -1.23. The Morgan fingerprint density at radius 1 is 0.984 bits per heavy atom. The molecule has 4 aliphatic rings. The SMILES string of the molecule is COc1cc(-c2cn(C)c(=O)c3cnccc23)cc(OC)c1CN(C)CC(=O)NCCCC(=O)NC1CC2(Nc3cccc4c3C(=O)N(C3CCC(=O)NC3=O)C4=O)CCC12. The van der Waals surface area contributed by atoms with Gasteiger partial charge in [0.1, 0.15) is 17.5 Å². The predicted molar refractivity (Wildman–Crippen MR) is 223 cm³/mol. The summed E-state index contributed by atoms with van der Waals surface area (Å²) in [7, 11) is 6.66. The number of amides is 6. The second kappa shape index (κ2) is 16.4. The van der Waals surface area contributed by atoms with E-state index in [1.807, 2.05) is 24.1 Å². The molecule has 4 unspecified atom stereocenters. The Balaban J connectivity index is 0.803. The van der Waals surface area contributed by atoms with Crippen LogP contribution in [0.4, 0.5) is 5.69 Å². The summed E-state index contributed by atoms with van der Waals surface area (Å²) in [5, 5.41) is 13.1. The Hall–Kier alpha value is -6.62. The van der Waals surface area contributed by atoms with Gasteiger partial charge in [-0.15, -0.1) is 0 Å². The number of benzene rings is 2. The van der Waals surface area contributed by atoms with Gasteiger partial charge in [0.25, 0.3) is 17.4 Å². The molecule has 2 aromatic carbocycles. The number of rotatable bonds is 15. The van der Waals surface area contributed by atoms with Crippen molar-refractivity contribution in [3.63, 3.8) is 0 Å². The number of aryl methyl sites for hydroxylation is 1. The maximum atomic E-state index is 13.6. The van der Waals surface area contributed by atoms with Gasteiger partial charge in [-0.3, -0.25) is 53.7 Å². The molecule has 4 aromatic rings. The van der Waals surface area contributed by atoms with Crippen LogP contribution in [0.25, 0.3) is 21.9 Å². The number of aromatic nitrogens is 2. The molecule has 318 valence electrons. The van der Waals surface area contributed by atoms with E-state index in [2.05, 4.69) is 26.3 Å². The van der Waals surface area contributed by atoms with E-state index in [1.54, 1.807) is 64.1 Å². The highest BCUT2D eigenvalue weighted by molar-refractivity contribution is 6.25. The number of pyridine rings is 2. The molecule has 4 atom stereocenters. The lowest BCUT2D eigenvalue weighted by Crippen LogP contribution is -2.72. The summed E-state index contributed by atoms with van der Waals surface area (Å²) in [6, 6.07) is 9.52. The van der Waals surface area contributed by atoms with Crippen molar-refractivity contribution in [2.75, 3.05) is 39.7 Å². The largest absolute Gasteiger partial charge is 0.496 e.